The monoisotopic (exact) mass is 552 g/mol. The van der Waals surface area contributed by atoms with Crippen molar-refractivity contribution in [1.82, 2.24) is 10.2 Å². The van der Waals surface area contributed by atoms with Crippen molar-refractivity contribution in [2.45, 2.75) is 51.3 Å². The fourth-order valence-electron chi connectivity index (χ4n) is 4.10. The zero-order valence-corrected chi connectivity index (χ0v) is 21.8. The molecule has 3 rings (SSSR count). The Morgan fingerprint density at radius 3 is 2.29 bits per heavy atom. The van der Waals surface area contributed by atoms with Crippen molar-refractivity contribution in [3.8, 4) is 0 Å². The molecule has 0 atom stereocenters. The number of rotatable bonds is 3. The molecule has 8 nitrogen and oxygen atoms in total. The van der Waals surface area contributed by atoms with Crippen molar-refractivity contribution >= 4 is 35.5 Å². The van der Waals surface area contributed by atoms with Gasteiger partial charge in [-0.1, -0.05) is 29.8 Å². The third-order valence-corrected chi connectivity index (χ3v) is 6.12. The molecular weight excluding hydrogens is 525 g/mol. The number of halogens is 4. The number of carbonyl (C=O) groups excluding carboxylic acids is 3. The minimum Gasteiger partial charge on any atom is -0.442 e. The van der Waals surface area contributed by atoms with E-state index in [0.717, 1.165) is 6.07 Å². The Bertz CT molecular complexity index is 1250. The highest BCUT2D eigenvalue weighted by Crippen LogP contribution is 2.39. The van der Waals surface area contributed by atoms with E-state index in [9.17, 15) is 27.6 Å². The van der Waals surface area contributed by atoms with Gasteiger partial charge in [0.1, 0.15) is 5.60 Å². The summed E-state index contributed by atoms with van der Waals surface area (Å²) < 4.78 is 46.9. The summed E-state index contributed by atoms with van der Waals surface area (Å²) in [4.78, 5) is 42.0. The molecule has 2 aromatic carbocycles. The van der Waals surface area contributed by atoms with E-state index >= 15 is 0 Å². The van der Waals surface area contributed by atoms with Gasteiger partial charge in [0.05, 0.1) is 16.1 Å². The summed E-state index contributed by atoms with van der Waals surface area (Å²) in [7, 11) is 0. The number of aliphatic imine (C=N–C) groups is 1. The highest BCUT2D eigenvalue weighted by Gasteiger charge is 2.37. The van der Waals surface area contributed by atoms with Crippen molar-refractivity contribution in [2.24, 2.45) is 10.7 Å². The fourth-order valence-corrected chi connectivity index (χ4v) is 4.31. The molecule has 0 aromatic heterocycles. The van der Waals surface area contributed by atoms with Crippen LogP contribution in [0.2, 0.25) is 5.02 Å². The largest absolute Gasteiger partial charge is 0.442 e. The van der Waals surface area contributed by atoms with Crippen LogP contribution < -0.4 is 11.1 Å². The summed E-state index contributed by atoms with van der Waals surface area (Å²) in [5, 5.41) is 2.40. The SMILES string of the molecule is CC(C)(C)OC(=O)/N=C(/N)NC(=O)c1ccc(C2CCN(C(=O)c3ccccc3Cl)CC2)c(C(F)(F)F)c1. The Balaban J connectivity index is 1.74. The lowest BCUT2D eigenvalue weighted by molar-refractivity contribution is -0.138. The molecule has 1 saturated heterocycles. The van der Waals surface area contributed by atoms with Crippen LogP contribution in [0.4, 0.5) is 18.0 Å². The Kier molecular flexibility index (Phi) is 8.71. The topological polar surface area (TPSA) is 114 Å². The van der Waals surface area contributed by atoms with Crippen LogP contribution >= 0.6 is 11.6 Å². The van der Waals surface area contributed by atoms with Gasteiger partial charge in [0.15, 0.2) is 0 Å². The van der Waals surface area contributed by atoms with Crippen LogP contribution in [0.15, 0.2) is 47.5 Å². The molecule has 0 spiro atoms. The summed E-state index contributed by atoms with van der Waals surface area (Å²) in [6.45, 7) is 5.33. The van der Waals surface area contributed by atoms with Gasteiger partial charge in [-0.15, -0.1) is 4.99 Å². The van der Waals surface area contributed by atoms with Crippen LogP contribution in [0.3, 0.4) is 0 Å². The molecule has 3 amide bonds. The number of nitrogens with zero attached hydrogens (tertiary/aromatic N) is 2. The Morgan fingerprint density at radius 1 is 1.08 bits per heavy atom. The normalized spacial score (nSPS) is 15.2. The van der Waals surface area contributed by atoms with E-state index in [1.54, 1.807) is 49.9 Å². The van der Waals surface area contributed by atoms with E-state index in [4.69, 9.17) is 22.1 Å². The molecule has 1 aliphatic rings. The number of nitrogens with one attached hydrogen (secondary N) is 1. The molecule has 1 fully saturated rings. The number of carbonyl (C=O) groups is 3. The zero-order chi connectivity index (χ0) is 28.3. The molecule has 0 saturated carbocycles. The number of amides is 3. The quantitative estimate of drug-likeness (QED) is 0.393. The minimum absolute atomic E-state index is 0.0364. The molecule has 1 heterocycles. The second kappa shape index (κ2) is 11.4. The lowest BCUT2D eigenvalue weighted by Gasteiger charge is -2.33. The first-order chi connectivity index (χ1) is 17.7. The highest BCUT2D eigenvalue weighted by molar-refractivity contribution is 6.33. The summed E-state index contributed by atoms with van der Waals surface area (Å²) >= 11 is 6.11. The molecular formula is C26H28ClF3N4O4. The van der Waals surface area contributed by atoms with Crippen molar-refractivity contribution < 1.29 is 32.3 Å². The van der Waals surface area contributed by atoms with Crippen LogP contribution in [-0.2, 0) is 10.9 Å². The van der Waals surface area contributed by atoms with Gasteiger partial charge in [-0.3, -0.25) is 14.9 Å². The number of likely N-dealkylation sites (tertiary alicyclic amines) is 1. The molecule has 38 heavy (non-hydrogen) atoms. The van der Waals surface area contributed by atoms with Gasteiger partial charge >= 0.3 is 12.3 Å². The minimum atomic E-state index is -4.73. The van der Waals surface area contributed by atoms with Gasteiger partial charge in [0.2, 0.25) is 5.96 Å². The average Bonchev–Trinajstić information content (AvgIpc) is 2.81. The Labute approximate surface area is 223 Å². The number of alkyl halides is 3. The number of guanidine groups is 1. The van der Waals surface area contributed by atoms with Crippen molar-refractivity contribution in [3.63, 3.8) is 0 Å². The van der Waals surface area contributed by atoms with Gasteiger partial charge in [0.25, 0.3) is 11.8 Å². The first kappa shape index (κ1) is 29.0. The Hall–Kier alpha value is -3.60. The Morgan fingerprint density at radius 2 is 1.71 bits per heavy atom. The van der Waals surface area contributed by atoms with Gasteiger partial charge in [0, 0.05) is 18.7 Å². The van der Waals surface area contributed by atoms with Gasteiger partial charge in [-0.2, -0.15) is 13.2 Å². The molecule has 2 aromatic rings. The van der Waals surface area contributed by atoms with E-state index in [0.29, 0.717) is 23.4 Å². The maximum atomic E-state index is 14.0. The van der Waals surface area contributed by atoms with Crippen LogP contribution in [0.25, 0.3) is 0 Å². The predicted molar refractivity (Wildman–Crippen MR) is 136 cm³/mol. The fraction of sp³-hybridized carbons (Fsp3) is 0.385. The second-order valence-electron chi connectivity index (χ2n) is 9.78. The molecule has 3 N–H and O–H groups in total. The molecule has 0 aliphatic carbocycles. The smallest absolute Gasteiger partial charge is 0.437 e. The number of piperidine rings is 1. The lowest BCUT2D eigenvalue weighted by atomic mass is 9.85. The van der Waals surface area contributed by atoms with E-state index in [2.05, 4.69) is 10.3 Å². The summed E-state index contributed by atoms with van der Waals surface area (Å²) in [5.74, 6) is -2.33. The second-order valence-corrected chi connectivity index (χ2v) is 10.2. The molecule has 12 heteroatoms. The summed E-state index contributed by atoms with van der Waals surface area (Å²) in [6, 6.07) is 9.86. The van der Waals surface area contributed by atoms with Crippen LogP contribution in [0.5, 0.6) is 0 Å². The molecule has 0 radical (unpaired) electrons. The third-order valence-electron chi connectivity index (χ3n) is 5.79. The van der Waals surface area contributed by atoms with E-state index in [1.807, 2.05) is 0 Å². The van der Waals surface area contributed by atoms with E-state index in [-0.39, 0.29) is 30.1 Å². The maximum absolute atomic E-state index is 14.0. The van der Waals surface area contributed by atoms with Crippen LogP contribution in [0.1, 0.15) is 71.4 Å². The van der Waals surface area contributed by atoms with Gasteiger partial charge in [-0.25, -0.2) is 4.79 Å². The van der Waals surface area contributed by atoms with Crippen LogP contribution in [0, 0.1) is 0 Å². The standard InChI is InChI=1S/C26H28ClF3N4O4/c1-25(2,3)38-24(37)33-23(31)32-21(35)16-8-9-17(19(14-16)26(28,29)30)15-10-12-34(13-11-15)22(36)18-6-4-5-7-20(18)27/h4-9,14-15H,10-13H2,1-3H3,(H3,31,32,33,35,37). The zero-order valence-electron chi connectivity index (χ0n) is 21.1. The van der Waals surface area contributed by atoms with Crippen LogP contribution in [-0.4, -0.2) is 47.5 Å². The maximum Gasteiger partial charge on any atom is 0.437 e. The first-order valence-corrected chi connectivity index (χ1v) is 12.2. The van der Waals surface area contributed by atoms with Crippen molar-refractivity contribution in [2.75, 3.05) is 13.1 Å². The van der Waals surface area contributed by atoms with Gasteiger partial charge in [-0.05, 0) is 69.4 Å². The molecule has 204 valence electrons. The lowest BCUT2D eigenvalue weighted by Crippen LogP contribution is -2.39. The number of hydrogen-bond acceptors (Lipinski definition) is 4. The van der Waals surface area contributed by atoms with E-state index < -0.39 is 41.2 Å². The first-order valence-electron chi connectivity index (χ1n) is 11.8. The molecule has 0 unspecified atom stereocenters. The van der Waals surface area contributed by atoms with E-state index in [1.165, 1.54) is 12.1 Å². The molecule has 0 bridgehead atoms. The predicted octanol–water partition coefficient (Wildman–Crippen LogP) is 5.36. The highest BCUT2D eigenvalue weighted by atomic mass is 35.5. The third kappa shape index (κ3) is 7.47. The summed E-state index contributed by atoms with van der Waals surface area (Å²) in [6.07, 6.45) is -5.17. The average molecular weight is 553 g/mol. The summed E-state index contributed by atoms with van der Waals surface area (Å²) in [5.41, 5.74) is 3.81. The number of ether oxygens (including phenoxy) is 1. The van der Waals surface area contributed by atoms with Crippen molar-refractivity contribution in [3.05, 3.63) is 69.7 Å². The number of nitrogens with two attached hydrogens (primary N) is 1. The van der Waals surface area contributed by atoms with Crippen molar-refractivity contribution in [1.29, 1.82) is 0 Å². The number of benzene rings is 2. The van der Waals surface area contributed by atoms with Gasteiger partial charge < -0.3 is 15.4 Å². The number of hydrogen-bond donors (Lipinski definition) is 2. The molecule has 1 aliphatic heterocycles.